The van der Waals surface area contributed by atoms with Gasteiger partial charge in [-0.25, -0.2) is 13.1 Å². The van der Waals surface area contributed by atoms with Crippen LogP contribution in [-0.2, 0) is 16.6 Å². The number of nitrogens with one attached hydrogen (secondary N) is 2. The Morgan fingerprint density at radius 3 is 2.21 bits per heavy atom. The van der Waals surface area contributed by atoms with Crippen molar-refractivity contribution in [2.75, 3.05) is 5.32 Å². The van der Waals surface area contributed by atoms with Gasteiger partial charge < -0.3 is 5.32 Å². The summed E-state index contributed by atoms with van der Waals surface area (Å²) >= 11 is 0. The SMILES string of the molecule is N#Cc1ccccc1S(=O)(=O)NCc1ccc(C(=O)Nc2ccccc2)cc1. The van der Waals surface area contributed by atoms with Crippen molar-refractivity contribution in [3.05, 3.63) is 95.6 Å². The summed E-state index contributed by atoms with van der Waals surface area (Å²) in [6.07, 6.45) is 0. The van der Waals surface area contributed by atoms with E-state index in [1.54, 1.807) is 48.5 Å². The van der Waals surface area contributed by atoms with Crippen LogP contribution in [0.15, 0.2) is 83.8 Å². The van der Waals surface area contributed by atoms with E-state index in [9.17, 15) is 13.2 Å². The molecular formula is C21H17N3O3S. The monoisotopic (exact) mass is 391 g/mol. The zero-order valence-corrected chi connectivity index (χ0v) is 15.6. The average molecular weight is 391 g/mol. The van der Waals surface area contributed by atoms with Crippen LogP contribution >= 0.6 is 0 Å². The quantitative estimate of drug-likeness (QED) is 0.673. The number of sulfonamides is 1. The summed E-state index contributed by atoms with van der Waals surface area (Å²) in [7, 11) is -3.82. The van der Waals surface area contributed by atoms with Crippen LogP contribution in [0.4, 0.5) is 5.69 Å². The molecule has 1 amide bonds. The molecule has 0 saturated carbocycles. The number of anilines is 1. The molecule has 0 aromatic heterocycles. The van der Waals surface area contributed by atoms with Gasteiger partial charge in [0.25, 0.3) is 5.91 Å². The molecule has 0 spiro atoms. The van der Waals surface area contributed by atoms with Gasteiger partial charge in [0.05, 0.1) is 10.5 Å². The molecular weight excluding hydrogens is 374 g/mol. The van der Waals surface area contributed by atoms with E-state index in [2.05, 4.69) is 10.0 Å². The molecule has 0 radical (unpaired) electrons. The standard InChI is InChI=1S/C21H17N3O3S/c22-14-18-6-4-5-9-20(18)28(26,27)23-15-16-10-12-17(13-11-16)21(25)24-19-7-2-1-3-8-19/h1-13,23H,15H2,(H,24,25). The summed E-state index contributed by atoms with van der Waals surface area (Å²) in [5.74, 6) is -0.249. The first-order chi connectivity index (χ1) is 13.5. The minimum Gasteiger partial charge on any atom is -0.322 e. The Morgan fingerprint density at radius 2 is 1.54 bits per heavy atom. The predicted octanol–water partition coefficient (Wildman–Crippen LogP) is 3.29. The van der Waals surface area contributed by atoms with Crippen molar-refractivity contribution in [2.45, 2.75) is 11.4 Å². The summed E-state index contributed by atoms with van der Waals surface area (Å²) in [4.78, 5) is 12.2. The van der Waals surface area contributed by atoms with E-state index < -0.39 is 10.0 Å². The third kappa shape index (κ3) is 4.62. The molecule has 3 aromatic rings. The lowest BCUT2D eigenvalue weighted by Gasteiger charge is -2.09. The predicted molar refractivity (Wildman–Crippen MR) is 106 cm³/mol. The largest absolute Gasteiger partial charge is 0.322 e. The van der Waals surface area contributed by atoms with E-state index >= 15 is 0 Å². The van der Waals surface area contributed by atoms with Gasteiger partial charge in [0.2, 0.25) is 10.0 Å². The van der Waals surface area contributed by atoms with Crippen LogP contribution < -0.4 is 10.0 Å². The molecule has 3 aromatic carbocycles. The lowest BCUT2D eigenvalue weighted by atomic mass is 10.1. The molecule has 0 bridgehead atoms. The lowest BCUT2D eigenvalue weighted by Crippen LogP contribution is -2.24. The second-order valence-corrected chi connectivity index (χ2v) is 7.68. The summed E-state index contributed by atoms with van der Waals surface area (Å²) in [5.41, 5.74) is 1.93. The maximum atomic E-state index is 12.4. The number of carbonyl (C=O) groups excluding carboxylic acids is 1. The summed E-state index contributed by atoms with van der Waals surface area (Å²) in [5, 5.41) is 11.9. The maximum absolute atomic E-state index is 12.4. The molecule has 0 aliphatic heterocycles. The van der Waals surface area contributed by atoms with Gasteiger partial charge in [0.15, 0.2) is 0 Å². The number of carbonyl (C=O) groups is 1. The third-order valence-corrected chi connectivity index (χ3v) is 5.47. The number of hydrogen-bond acceptors (Lipinski definition) is 4. The fourth-order valence-corrected chi connectivity index (χ4v) is 3.72. The Bertz CT molecular complexity index is 1120. The van der Waals surface area contributed by atoms with Gasteiger partial charge >= 0.3 is 0 Å². The van der Waals surface area contributed by atoms with Gasteiger partial charge in [-0.05, 0) is 42.0 Å². The molecule has 7 heteroatoms. The molecule has 140 valence electrons. The fraction of sp³-hybridized carbons (Fsp3) is 0.0476. The number of nitriles is 1. The van der Waals surface area contributed by atoms with Crippen molar-refractivity contribution in [3.8, 4) is 6.07 Å². The smallest absolute Gasteiger partial charge is 0.255 e. The summed E-state index contributed by atoms with van der Waals surface area (Å²) in [6.45, 7) is 0.0443. The Morgan fingerprint density at radius 1 is 0.893 bits per heavy atom. The molecule has 6 nitrogen and oxygen atoms in total. The highest BCUT2D eigenvalue weighted by Crippen LogP contribution is 2.15. The van der Waals surface area contributed by atoms with Gasteiger partial charge in [0, 0.05) is 17.8 Å². The van der Waals surface area contributed by atoms with E-state index in [4.69, 9.17) is 5.26 Å². The number of hydrogen-bond donors (Lipinski definition) is 2. The Labute approximate surface area is 163 Å². The molecule has 0 unspecified atom stereocenters. The second kappa shape index (κ2) is 8.48. The topological polar surface area (TPSA) is 99.1 Å². The normalized spacial score (nSPS) is 10.8. The first kappa shape index (κ1) is 19.3. The van der Waals surface area contributed by atoms with E-state index in [1.165, 1.54) is 12.1 Å². The lowest BCUT2D eigenvalue weighted by molar-refractivity contribution is 0.102. The number of nitrogens with zero attached hydrogens (tertiary/aromatic N) is 1. The van der Waals surface area contributed by atoms with Crippen molar-refractivity contribution in [1.82, 2.24) is 4.72 Å². The van der Waals surface area contributed by atoms with E-state index in [0.717, 1.165) is 0 Å². The third-order valence-electron chi connectivity index (χ3n) is 4.01. The highest BCUT2D eigenvalue weighted by atomic mass is 32.2. The Balaban J connectivity index is 1.66. The molecule has 0 atom stereocenters. The first-order valence-electron chi connectivity index (χ1n) is 8.44. The zero-order chi connectivity index (χ0) is 20.0. The van der Waals surface area contributed by atoms with E-state index in [1.807, 2.05) is 24.3 Å². The van der Waals surface area contributed by atoms with Crippen LogP contribution in [0.3, 0.4) is 0 Å². The summed E-state index contributed by atoms with van der Waals surface area (Å²) in [6, 6.07) is 23.6. The molecule has 0 aliphatic carbocycles. The number of rotatable bonds is 6. The van der Waals surface area contributed by atoms with Crippen LogP contribution in [0, 0.1) is 11.3 Å². The van der Waals surface area contributed by atoms with Crippen molar-refractivity contribution in [1.29, 1.82) is 5.26 Å². The first-order valence-corrected chi connectivity index (χ1v) is 9.92. The minimum atomic E-state index is -3.82. The van der Waals surface area contributed by atoms with Crippen molar-refractivity contribution >= 4 is 21.6 Å². The highest BCUT2D eigenvalue weighted by molar-refractivity contribution is 7.89. The average Bonchev–Trinajstić information content (AvgIpc) is 2.73. The molecule has 2 N–H and O–H groups in total. The number of benzene rings is 3. The molecule has 3 rings (SSSR count). The molecule has 0 fully saturated rings. The van der Waals surface area contributed by atoms with E-state index in [-0.39, 0.29) is 22.9 Å². The van der Waals surface area contributed by atoms with Gasteiger partial charge in [-0.1, -0.05) is 42.5 Å². The summed E-state index contributed by atoms with van der Waals surface area (Å²) < 4.78 is 27.3. The zero-order valence-electron chi connectivity index (χ0n) is 14.8. The van der Waals surface area contributed by atoms with Gasteiger partial charge in [0.1, 0.15) is 6.07 Å². The van der Waals surface area contributed by atoms with Crippen LogP contribution in [-0.4, -0.2) is 14.3 Å². The number of para-hydroxylation sites is 1. The Kier molecular flexibility index (Phi) is 5.84. The van der Waals surface area contributed by atoms with E-state index in [0.29, 0.717) is 16.8 Å². The maximum Gasteiger partial charge on any atom is 0.255 e. The van der Waals surface area contributed by atoms with Crippen molar-refractivity contribution in [3.63, 3.8) is 0 Å². The molecule has 0 aliphatic rings. The molecule has 0 saturated heterocycles. The molecule has 28 heavy (non-hydrogen) atoms. The van der Waals surface area contributed by atoms with Crippen molar-refractivity contribution < 1.29 is 13.2 Å². The Hall–Kier alpha value is -3.47. The van der Waals surface area contributed by atoms with Crippen LogP contribution in [0.2, 0.25) is 0 Å². The minimum absolute atomic E-state index is 0.0443. The van der Waals surface area contributed by atoms with Crippen LogP contribution in [0.5, 0.6) is 0 Å². The highest BCUT2D eigenvalue weighted by Gasteiger charge is 2.17. The fourth-order valence-electron chi connectivity index (χ4n) is 2.55. The van der Waals surface area contributed by atoms with Crippen LogP contribution in [0.1, 0.15) is 21.5 Å². The van der Waals surface area contributed by atoms with Crippen LogP contribution in [0.25, 0.3) is 0 Å². The second-order valence-electron chi connectivity index (χ2n) is 5.95. The van der Waals surface area contributed by atoms with Gasteiger partial charge in [-0.15, -0.1) is 0 Å². The number of amides is 1. The molecule has 0 heterocycles. The van der Waals surface area contributed by atoms with Crippen molar-refractivity contribution in [2.24, 2.45) is 0 Å². The van der Waals surface area contributed by atoms with Gasteiger partial charge in [-0.2, -0.15) is 5.26 Å². The van der Waals surface area contributed by atoms with Gasteiger partial charge in [-0.3, -0.25) is 4.79 Å².